The van der Waals surface area contributed by atoms with Crippen molar-refractivity contribution in [3.8, 4) is 5.69 Å². The van der Waals surface area contributed by atoms with Crippen molar-refractivity contribution in [3.63, 3.8) is 0 Å². The second-order valence-corrected chi connectivity index (χ2v) is 6.98. The number of aryl methyl sites for hydroxylation is 1. The van der Waals surface area contributed by atoms with Crippen LogP contribution in [-0.2, 0) is 9.53 Å². The third-order valence-electron chi connectivity index (χ3n) is 4.05. The summed E-state index contributed by atoms with van der Waals surface area (Å²) < 4.78 is 19.7. The number of fused-ring (bicyclic) bond motifs is 1. The van der Waals surface area contributed by atoms with Gasteiger partial charge in [0.05, 0.1) is 16.3 Å². The Balaban J connectivity index is 1.90. The van der Waals surface area contributed by atoms with Crippen LogP contribution in [-0.4, -0.2) is 46.5 Å². The number of hydrogen-bond acceptors (Lipinski definition) is 5. The van der Waals surface area contributed by atoms with Crippen LogP contribution < -0.4 is 5.32 Å². The number of halogens is 1. The molecule has 0 aliphatic rings. The van der Waals surface area contributed by atoms with Crippen LogP contribution in [0.3, 0.4) is 0 Å². The molecule has 0 aliphatic heterocycles. The van der Waals surface area contributed by atoms with Crippen LogP contribution in [0.25, 0.3) is 15.9 Å². The first kappa shape index (κ1) is 19.0. The number of rotatable bonds is 7. The number of hydrogen-bond donors (Lipinski definition) is 2. The van der Waals surface area contributed by atoms with Gasteiger partial charge in [0.25, 0.3) is 5.91 Å². The minimum absolute atomic E-state index is 0.171. The summed E-state index contributed by atoms with van der Waals surface area (Å²) >= 11 is 1.20. The van der Waals surface area contributed by atoms with E-state index in [2.05, 4.69) is 10.4 Å². The van der Waals surface area contributed by atoms with Crippen LogP contribution in [0.2, 0.25) is 0 Å². The average Bonchev–Trinajstić information content (AvgIpc) is 3.20. The van der Waals surface area contributed by atoms with E-state index in [-0.39, 0.29) is 18.8 Å². The lowest BCUT2D eigenvalue weighted by Gasteiger charge is -2.13. The van der Waals surface area contributed by atoms with E-state index < -0.39 is 17.9 Å². The van der Waals surface area contributed by atoms with E-state index in [0.29, 0.717) is 10.6 Å². The summed E-state index contributed by atoms with van der Waals surface area (Å²) in [5.41, 5.74) is 1.39. The second kappa shape index (κ2) is 7.85. The molecule has 2 N–H and O–H groups in total. The molecule has 0 aliphatic carbocycles. The minimum Gasteiger partial charge on any atom is -0.480 e. The zero-order chi connectivity index (χ0) is 19.6. The van der Waals surface area contributed by atoms with Gasteiger partial charge in [0.2, 0.25) is 0 Å². The highest BCUT2D eigenvalue weighted by Crippen LogP contribution is 2.30. The Morgan fingerprint density at radius 2 is 2.07 bits per heavy atom. The Hall–Kier alpha value is -2.78. The van der Waals surface area contributed by atoms with E-state index in [0.717, 1.165) is 15.9 Å². The van der Waals surface area contributed by atoms with Crippen molar-refractivity contribution in [1.29, 1.82) is 0 Å². The van der Waals surface area contributed by atoms with Gasteiger partial charge in [0.15, 0.2) is 0 Å². The summed E-state index contributed by atoms with van der Waals surface area (Å²) in [5.74, 6) is -1.93. The summed E-state index contributed by atoms with van der Waals surface area (Å²) in [5, 5.41) is 17.0. The van der Waals surface area contributed by atoms with Crippen molar-refractivity contribution >= 4 is 33.4 Å². The third-order valence-corrected chi connectivity index (χ3v) is 5.16. The van der Waals surface area contributed by atoms with E-state index >= 15 is 0 Å². The molecule has 27 heavy (non-hydrogen) atoms. The van der Waals surface area contributed by atoms with E-state index in [9.17, 15) is 19.1 Å². The number of ether oxygens (including phenoxy) is 1. The molecule has 0 bridgehead atoms. The molecule has 0 spiro atoms. The summed E-state index contributed by atoms with van der Waals surface area (Å²) in [7, 11) is 1.47. The lowest BCUT2D eigenvalue weighted by Crippen LogP contribution is -2.41. The molecule has 3 rings (SSSR count). The van der Waals surface area contributed by atoms with Crippen LogP contribution in [0, 0.1) is 12.7 Å². The predicted molar refractivity (Wildman–Crippen MR) is 99.0 cm³/mol. The fraction of sp³-hybridized carbons (Fsp3) is 0.278. The summed E-state index contributed by atoms with van der Waals surface area (Å²) in [6, 6.07) is 6.54. The Labute approximate surface area is 158 Å². The Kier molecular flexibility index (Phi) is 5.52. The van der Waals surface area contributed by atoms with Gasteiger partial charge in [-0.15, -0.1) is 11.3 Å². The first-order valence-electron chi connectivity index (χ1n) is 8.18. The predicted octanol–water partition coefficient (Wildman–Crippen LogP) is 2.75. The maximum Gasteiger partial charge on any atom is 0.326 e. The number of carboxylic acids is 1. The summed E-state index contributed by atoms with van der Waals surface area (Å²) in [6.45, 7) is 2.04. The van der Waals surface area contributed by atoms with Crippen molar-refractivity contribution in [2.24, 2.45) is 0 Å². The lowest BCUT2D eigenvalue weighted by atomic mass is 10.2. The number of aliphatic carboxylic acids is 1. The van der Waals surface area contributed by atoms with Gasteiger partial charge in [0, 0.05) is 25.5 Å². The van der Waals surface area contributed by atoms with Crippen molar-refractivity contribution in [3.05, 3.63) is 46.7 Å². The highest BCUT2D eigenvalue weighted by Gasteiger charge is 2.23. The monoisotopic (exact) mass is 391 g/mol. The first-order valence-corrected chi connectivity index (χ1v) is 9.00. The van der Waals surface area contributed by atoms with Gasteiger partial charge in [-0.05, 0) is 37.3 Å². The number of aromatic nitrogens is 2. The van der Waals surface area contributed by atoms with Crippen molar-refractivity contribution < 1.29 is 23.8 Å². The third kappa shape index (κ3) is 3.99. The van der Waals surface area contributed by atoms with Crippen LogP contribution in [0.1, 0.15) is 21.8 Å². The topological polar surface area (TPSA) is 93.5 Å². The first-order chi connectivity index (χ1) is 12.9. The fourth-order valence-electron chi connectivity index (χ4n) is 2.64. The number of carbonyl (C=O) groups is 2. The van der Waals surface area contributed by atoms with Crippen LogP contribution in [0.4, 0.5) is 4.39 Å². The molecule has 1 amide bonds. The molecule has 142 valence electrons. The van der Waals surface area contributed by atoms with Crippen molar-refractivity contribution in [2.75, 3.05) is 13.7 Å². The molecule has 0 fully saturated rings. The zero-order valence-electron chi connectivity index (χ0n) is 14.7. The summed E-state index contributed by atoms with van der Waals surface area (Å²) in [4.78, 5) is 24.9. The maximum absolute atomic E-state index is 13.2. The van der Waals surface area contributed by atoms with E-state index in [4.69, 9.17) is 4.74 Å². The normalized spacial score (nSPS) is 12.3. The molecule has 0 saturated heterocycles. The molecule has 2 heterocycles. The van der Waals surface area contributed by atoms with Gasteiger partial charge < -0.3 is 15.2 Å². The number of carboxylic acid groups (broad SMARTS) is 1. The number of thiophene rings is 1. The molecule has 9 heteroatoms. The van der Waals surface area contributed by atoms with Gasteiger partial charge in [-0.25, -0.2) is 13.9 Å². The molecule has 1 atom stereocenters. The van der Waals surface area contributed by atoms with Gasteiger partial charge in [-0.1, -0.05) is 0 Å². The van der Waals surface area contributed by atoms with Crippen molar-refractivity contribution in [2.45, 2.75) is 19.4 Å². The number of nitrogens with zero attached hydrogens (tertiary/aromatic N) is 2. The Morgan fingerprint density at radius 1 is 1.37 bits per heavy atom. The standard InChI is InChI=1S/C18H18FN3O4S/c1-10-13-9-15(16(23)20-14(18(24)25)7-8-26-2)27-17(13)22(21-10)12-5-3-11(19)4-6-12/h3-6,9,14H,7-8H2,1-2H3,(H,20,23)(H,24,25). The smallest absolute Gasteiger partial charge is 0.326 e. The van der Waals surface area contributed by atoms with E-state index in [1.807, 2.05) is 6.92 Å². The van der Waals surface area contributed by atoms with Crippen LogP contribution in [0.15, 0.2) is 30.3 Å². The molecule has 7 nitrogen and oxygen atoms in total. The molecule has 3 aromatic rings. The molecule has 0 saturated carbocycles. The molecule has 2 aromatic heterocycles. The number of benzene rings is 1. The summed E-state index contributed by atoms with van der Waals surface area (Å²) in [6.07, 6.45) is 0.171. The Morgan fingerprint density at radius 3 is 2.70 bits per heavy atom. The maximum atomic E-state index is 13.2. The molecular weight excluding hydrogens is 373 g/mol. The highest BCUT2D eigenvalue weighted by molar-refractivity contribution is 7.20. The second-order valence-electron chi connectivity index (χ2n) is 5.95. The van der Waals surface area contributed by atoms with E-state index in [1.165, 1.54) is 30.6 Å². The minimum atomic E-state index is -1.12. The van der Waals surface area contributed by atoms with Crippen LogP contribution in [0.5, 0.6) is 0 Å². The van der Waals surface area contributed by atoms with Crippen LogP contribution >= 0.6 is 11.3 Å². The number of nitrogens with one attached hydrogen (secondary N) is 1. The molecular formula is C18H18FN3O4S. The Bertz CT molecular complexity index is 981. The van der Waals surface area contributed by atoms with E-state index in [1.54, 1.807) is 22.9 Å². The largest absolute Gasteiger partial charge is 0.480 e. The van der Waals surface area contributed by atoms with Gasteiger partial charge >= 0.3 is 5.97 Å². The number of carbonyl (C=O) groups excluding carboxylic acids is 1. The zero-order valence-corrected chi connectivity index (χ0v) is 15.5. The SMILES string of the molecule is COCCC(NC(=O)c1cc2c(C)nn(-c3ccc(F)cc3)c2s1)C(=O)O. The van der Waals surface area contributed by atoms with Crippen molar-refractivity contribution in [1.82, 2.24) is 15.1 Å². The lowest BCUT2D eigenvalue weighted by molar-refractivity contribution is -0.139. The molecule has 1 unspecified atom stereocenters. The fourth-order valence-corrected chi connectivity index (χ4v) is 3.72. The quantitative estimate of drug-likeness (QED) is 0.646. The van der Waals surface area contributed by atoms with Gasteiger partial charge in [-0.2, -0.15) is 5.10 Å². The molecule has 0 radical (unpaired) electrons. The average molecular weight is 391 g/mol. The van der Waals surface area contributed by atoms with Gasteiger partial charge in [0.1, 0.15) is 16.7 Å². The highest BCUT2D eigenvalue weighted by atomic mass is 32.1. The molecule has 1 aromatic carbocycles. The van der Waals surface area contributed by atoms with Gasteiger partial charge in [-0.3, -0.25) is 4.79 Å². The number of amides is 1. The number of methoxy groups -OCH3 is 1.